The van der Waals surface area contributed by atoms with Crippen LogP contribution in [0.3, 0.4) is 0 Å². The van der Waals surface area contributed by atoms with Gasteiger partial charge >= 0.3 is 11.9 Å². The number of furan rings is 1. The maximum atomic E-state index is 13.6. The van der Waals surface area contributed by atoms with E-state index in [4.69, 9.17) is 28.1 Å². The second-order valence-electron chi connectivity index (χ2n) is 12.0. The van der Waals surface area contributed by atoms with E-state index in [2.05, 4.69) is 0 Å². The molecular weight excluding hydrogens is 516 g/mol. The summed E-state index contributed by atoms with van der Waals surface area (Å²) in [6.45, 7) is 3.33. The zero-order chi connectivity index (χ0) is 27.9. The number of aliphatic hydroxyl groups is 4. The first-order valence-corrected chi connectivity index (χ1v) is 13.5. The number of fused-ring (bicyclic) bond motifs is 5. The Morgan fingerprint density at radius 1 is 1.15 bits per heavy atom. The highest BCUT2D eigenvalue weighted by Crippen LogP contribution is 2.72. The number of esters is 2. The Morgan fingerprint density at radius 3 is 2.59 bits per heavy atom. The molecule has 0 radical (unpaired) electrons. The highest BCUT2D eigenvalue weighted by molar-refractivity contribution is 5.85. The molecule has 0 aromatic carbocycles. The van der Waals surface area contributed by atoms with Gasteiger partial charge in [-0.1, -0.05) is 13.8 Å². The van der Waals surface area contributed by atoms with E-state index in [1.54, 1.807) is 12.3 Å². The molecule has 5 aliphatic rings. The second-order valence-corrected chi connectivity index (χ2v) is 12.0. The van der Waals surface area contributed by atoms with Gasteiger partial charge in [0.15, 0.2) is 11.9 Å². The van der Waals surface area contributed by atoms with E-state index in [1.807, 2.05) is 13.8 Å². The fraction of sp³-hybridized carbons (Fsp3) is 0.778. The van der Waals surface area contributed by atoms with Gasteiger partial charge in [-0.25, -0.2) is 4.79 Å². The van der Waals surface area contributed by atoms with Crippen LogP contribution in [0.1, 0.15) is 51.2 Å². The van der Waals surface area contributed by atoms with E-state index >= 15 is 0 Å². The van der Waals surface area contributed by atoms with Gasteiger partial charge in [0.2, 0.25) is 0 Å². The molecule has 4 N–H and O–H groups in total. The molecule has 5 fully saturated rings. The average molecular weight is 553 g/mol. The molecule has 1 aromatic heterocycles. The van der Waals surface area contributed by atoms with Crippen molar-refractivity contribution in [2.45, 2.75) is 94.1 Å². The predicted molar refractivity (Wildman–Crippen MR) is 127 cm³/mol. The number of carbonyl (C=O) groups is 2. The summed E-state index contributed by atoms with van der Waals surface area (Å²) in [6.07, 6.45) is -4.28. The normalized spacial score (nSPS) is 50.7. The molecule has 39 heavy (non-hydrogen) atoms. The largest absolute Gasteiger partial charge is 0.472 e. The number of cyclic esters (lactones) is 1. The summed E-state index contributed by atoms with van der Waals surface area (Å²) in [7, 11) is 1.30. The van der Waals surface area contributed by atoms with Crippen LogP contribution in [0.5, 0.6) is 0 Å². The summed E-state index contributed by atoms with van der Waals surface area (Å²) in [5.41, 5.74) is -2.21. The van der Waals surface area contributed by atoms with E-state index in [1.165, 1.54) is 13.4 Å². The molecule has 216 valence electrons. The maximum Gasteiger partial charge on any atom is 0.341 e. The zero-order valence-corrected chi connectivity index (χ0v) is 22.1. The van der Waals surface area contributed by atoms with Crippen molar-refractivity contribution in [2.75, 3.05) is 13.7 Å². The summed E-state index contributed by atoms with van der Waals surface area (Å²) in [5, 5.41) is 41.0. The van der Waals surface area contributed by atoms with E-state index < -0.39 is 89.9 Å². The Labute approximate surface area is 225 Å². The van der Waals surface area contributed by atoms with Crippen molar-refractivity contribution in [3.05, 3.63) is 24.2 Å². The average Bonchev–Trinajstić information content (AvgIpc) is 3.43. The van der Waals surface area contributed by atoms with Crippen molar-refractivity contribution in [2.24, 2.45) is 22.7 Å². The maximum absolute atomic E-state index is 13.6. The summed E-state index contributed by atoms with van der Waals surface area (Å²) < 4.78 is 34.5. The van der Waals surface area contributed by atoms with Gasteiger partial charge < -0.3 is 48.5 Å². The monoisotopic (exact) mass is 552 g/mol. The smallest absolute Gasteiger partial charge is 0.341 e. The number of ether oxygens (including phenoxy) is 5. The van der Waals surface area contributed by atoms with Gasteiger partial charge in [-0.15, -0.1) is 0 Å². The summed E-state index contributed by atoms with van der Waals surface area (Å²) in [5.74, 6) is -1.79. The second kappa shape index (κ2) is 9.23. The number of rotatable bonds is 5. The van der Waals surface area contributed by atoms with Crippen molar-refractivity contribution < 1.29 is 58.1 Å². The summed E-state index contributed by atoms with van der Waals surface area (Å²) >= 11 is 0. The van der Waals surface area contributed by atoms with Gasteiger partial charge in [-0.05, 0) is 43.1 Å². The van der Waals surface area contributed by atoms with Gasteiger partial charge in [0.05, 0.1) is 44.4 Å². The van der Waals surface area contributed by atoms with Gasteiger partial charge in [-0.3, -0.25) is 4.79 Å². The van der Waals surface area contributed by atoms with Crippen molar-refractivity contribution >= 4 is 11.9 Å². The molecule has 2 aliphatic carbocycles. The quantitative estimate of drug-likeness (QED) is 0.289. The number of epoxide rings is 1. The summed E-state index contributed by atoms with van der Waals surface area (Å²) in [4.78, 5) is 26.9. The minimum atomic E-state index is -1.64. The molecule has 12 nitrogen and oxygen atoms in total. The molecule has 4 heterocycles. The van der Waals surface area contributed by atoms with Crippen LogP contribution in [0, 0.1) is 22.7 Å². The van der Waals surface area contributed by atoms with Crippen LogP contribution >= 0.6 is 0 Å². The Balaban J connectivity index is 1.40. The van der Waals surface area contributed by atoms with Crippen LogP contribution in [0.2, 0.25) is 0 Å². The molecule has 3 saturated heterocycles. The first-order chi connectivity index (χ1) is 18.5. The molecule has 3 aliphatic heterocycles. The molecule has 0 amide bonds. The molecule has 0 bridgehead atoms. The SMILES string of the molecule is COC(=O)C12OC1CCC1C3(C)CC(c4ccoc4)OC(=O)C3CC(OC3OC(CO)C(O)C(O)C3O)C12C. The fourth-order valence-corrected chi connectivity index (χ4v) is 8.30. The lowest BCUT2D eigenvalue weighted by Gasteiger charge is -2.63. The first-order valence-electron chi connectivity index (χ1n) is 13.5. The zero-order valence-electron chi connectivity index (χ0n) is 22.1. The topological polar surface area (TPSA) is 178 Å². The van der Waals surface area contributed by atoms with E-state index in [9.17, 15) is 30.0 Å². The Kier molecular flexibility index (Phi) is 6.42. The Hall–Kier alpha value is -2.06. The molecular formula is C27H36O12. The molecule has 12 heteroatoms. The first kappa shape index (κ1) is 27.1. The van der Waals surface area contributed by atoms with Gasteiger partial charge in [-0.2, -0.15) is 0 Å². The lowest BCUT2D eigenvalue weighted by molar-refractivity contribution is -0.336. The van der Waals surface area contributed by atoms with Crippen LogP contribution in [0.15, 0.2) is 23.0 Å². The van der Waals surface area contributed by atoms with Crippen LogP contribution in [-0.2, 0) is 33.3 Å². The lowest BCUT2D eigenvalue weighted by Crippen LogP contribution is -2.69. The molecule has 6 rings (SSSR count). The van der Waals surface area contributed by atoms with Crippen LogP contribution in [-0.4, -0.2) is 94.6 Å². The van der Waals surface area contributed by atoms with Crippen molar-refractivity contribution in [3.8, 4) is 0 Å². The third kappa shape index (κ3) is 3.62. The number of methoxy groups -OCH3 is 1. The highest BCUT2D eigenvalue weighted by Gasteiger charge is 2.82. The highest BCUT2D eigenvalue weighted by atomic mass is 16.7. The minimum Gasteiger partial charge on any atom is -0.472 e. The lowest BCUT2D eigenvalue weighted by atomic mass is 9.42. The van der Waals surface area contributed by atoms with Gasteiger partial charge in [0.1, 0.15) is 30.5 Å². The van der Waals surface area contributed by atoms with Gasteiger partial charge in [0.25, 0.3) is 0 Å². The molecule has 0 spiro atoms. The van der Waals surface area contributed by atoms with Crippen molar-refractivity contribution in [1.82, 2.24) is 0 Å². The Bertz CT molecular complexity index is 1110. The van der Waals surface area contributed by atoms with E-state index in [0.29, 0.717) is 19.3 Å². The number of hydrogen-bond donors (Lipinski definition) is 4. The Morgan fingerprint density at radius 2 is 1.92 bits per heavy atom. The van der Waals surface area contributed by atoms with Crippen LogP contribution < -0.4 is 0 Å². The predicted octanol–water partition coefficient (Wildman–Crippen LogP) is 0.206. The summed E-state index contributed by atoms with van der Waals surface area (Å²) in [6, 6.07) is 1.77. The molecule has 2 saturated carbocycles. The van der Waals surface area contributed by atoms with Crippen LogP contribution in [0.4, 0.5) is 0 Å². The number of carbonyl (C=O) groups excluding carboxylic acids is 2. The third-order valence-corrected chi connectivity index (χ3v) is 10.4. The third-order valence-electron chi connectivity index (χ3n) is 10.4. The number of hydrogen-bond acceptors (Lipinski definition) is 12. The van der Waals surface area contributed by atoms with Gasteiger partial charge in [0, 0.05) is 11.0 Å². The molecule has 13 atom stereocenters. The van der Waals surface area contributed by atoms with Crippen LogP contribution in [0.25, 0.3) is 0 Å². The fourth-order valence-electron chi connectivity index (χ4n) is 8.30. The molecule has 13 unspecified atom stereocenters. The van der Waals surface area contributed by atoms with Crippen molar-refractivity contribution in [3.63, 3.8) is 0 Å². The van der Waals surface area contributed by atoms with E-state index in [0.717, 1.165) is 5.56 Å². The van der Waals surface area contributed by atoms with Crippen molar-refractivity contribution in [1.29, 1.82) is 0 Å². The van der Waals surface area contributed by atoms with E-state index in [-0.39, 0.29) is 12.3 Å². The number of aliphatic hydroxyl groups excluding tert-OH is 4. The molecule has 1 aromatic rings. The standard InChI is InChI=1S/C27H36O12/c1-25-9-14(12-6-7-35-11-12)36-22(32)13(25)8-18(38-23-21(31)20(30)19(29)15(10-28)37-23)26(2)16(25)4-5-17-27(26,39-17)24(33)34-3/h6-7,11,13-21,23,28-31H,4-5,8-10H2,1-3H3. The minimum absolute atomic E-state index is 0.129.